The highest BCUT2D eigenvalue weighted by Crippen LogP contribution is 2.21. The van der Waals surface area contributed by atoms with Gasteiger partial charge >= 0.3 is 0 Å². The van der Waals surface area contributed by atoms with Gasteiger partial charge in [0, 0.05) is 10.6 Å². The van der Waals surface area contributed by atoms with E-state index in [1.165, 1.54) is 0 Å². The van der Waals surface area contributed by atoms with Crippen LogP contribution in [0.3, 0.4) is 0 Å². The maximum atomic E-state index is 9.10. The first kappa shape index (κ1) is 13.3. The first-order valence-electron chi connectivity index (χ1n) is 5.47. The Hall–Kier alpha value is -0.770. The minimum Gasteiger partial charge on any atom is -0.496 e. The van der Waals surface area contributed by atoms with Crippen LogP contribution in [-0.2, 0) is 6.54 Å². The van der Waals surface area contributed by atoms with E-state index in [1.54, 1.807) is 7.11 Å². The third-order valence-electron chi connectivity index (χ3n) is 2.67. The van der Waals surface area contributed by atoms with E-state index in [2.05, 4.69) is 12.2 Å². The number of rotatable bonds is 6. The first-order valence-corrected chi connectivity index (χ1v) is 5.85. The van der Waals surface area contributed by atoms with Gasteiger partial charge in [0.15, 0.2) is 0 Å². The van der Waals surface area contributed by atoms with Crippen LogP contribution in [0.5, 0.6) is 5.75 Å². The lowest BCUT2D eigenvalue weighted by Crippen LogP contribution is -2.89. The number of quaternary nitrogens is 1. The van der Waals surface area contributed by atoms with Gasteiger partial charge in [-0.3, -0.25) is 0 Å². The molecule has 16 heavy (non-hydrogen) atoms. The standard InChI is InChI=1S/C12H18ClNO2/c1-3-11(8-15)14-7-9-6-10(13)4-5-12(9)16-2/h4-6,11,14-15H,3,7-8H2,1-2H3/p+1/t11-/m0/s1. The predicted octanol–water partition coefficient (Wildman–Crippen LogP) is 1.18. The highest BCUT2D eigenvalue weighted by atomic mass is 35.5. The number of halogens is 1. The van der Waals surface area contributed by atoms with Crippen LogP contribution in [0.2, 0.25) is 5.02 Å². The molecule has 0 saturated carbocycles. The second-order valence-corrected chi connectivity index (χ2v) is 4.18. The molecule has 0 spiro atoms. The molecule has 0 aliphatic rings. The summed E-state index contributed by atoms with van der Waals surface area (Å²) in [6, 6.07) is 5.82. The molecule has 1 aromatic carbocycles. The Morgan fingerprint density at radius 1 is 1.50 bits per heavy atom. The molecule has 0 unspecified atom stereocenters. The molecule has 3 N–H and O–H groups in total. The lowest BCUT2D eigenvalue weighted by molar-refractivity contribution is -0.706. The molecule has 0 saturated heterocycles. The molecule has 1 rings (SSSR count). The zero-order chi connectivity index (χ0) is 12.0. The fraction of sp³-hybridized carbons (Fsp3) is 0.500. The SMILES string of the molecule is CC[C@@H](CO)[NH2+]Cc1cc(Cl)ccc1OC. The van der Waals surface area contributed by atoms with Crippen molar-refractivity contribution < 1.29 is 15.2 Å². The molecular weight excluding hydrogens is 226 g/mol. The summed E-state index contributed by atoms with van der Waals surface area (Å²) in [7, 11) is 1.65. The largest absolute Gasteiger partial charge is 0.496 e. The average molecular weight is 245 g/mol. The molecule has 0 aliphatic heterocycles. The van der Waals surface area contributed by atoms with Gasteiger partial charge in [-0.15, -0.1) is 0 Å². The minimum absolute atomic E-state index is 0.194. The van der Waals surface area contributed by atoms with Crippen molar-refractivity contribution in [1.29, 1.82) is 0 Å². The van der Waals surface area contributed by atoms with Gasteiger partial charge in [-0.25, -0.2) is 0 Å². The van der Waals surface area contributed by atoms with Crippen LogP contribution in [0.4, 0.5) is 0 Å². The summed E-state index contributed by atoms with van der Waals surface area (Å²) >= 11 is 5.94. The maximum absolute atomic E-state index is 9.10. The normalized spacial score (nSPS) is 12.5. The van der Waals surface area contributed by atoms with Crippen LogP contribution < -0.4 is 10.1 Å². The molecule has 90 valence electrons. The van der Waals surface area contributed by atoms with E-state index < -0.39 is 0 Å². The summed E-state index contributed by atoms with van der Waals surface area (Å²) in [5.41, 5.74) is 1.06. The number of hydrogen-bond donors (Lipinski definition) is 2. The summed E-state index contributed by atoms with van der Waals surface area (Å²) in [4.78, 5) is 0. The van der Waals surface area contributed by atoms with Gasteiger partial charge in [-0.2, -0.15) is 0 Å². The van der Waals surface area contributed by atoms with Gasteiger partial charge in [0.25, 0.3) is 0 Å². The quantitative estimate of drug-likeness (QED) is 0.790. The Morgan fingerprint density at radius 2 is 2.25 bits per heavy atom. The fourth-order valence-electron chi connectivity index (χ4n) is 1.57. The van der Waals surface area contributed by atoms with Crippen molar-refractivity contribution in [2.75, 3.05) is 13.7 Å². The van der Waals surface area contributed by atoms with E-state index in [4.69, 9.17) is 21.4 Å². The summed E-state index contributed by atoms with van der Waals surface area (Å²) in [6.45, 7) is 3.02. The Balaban J connectivity index is 2.68. The predicted molar refractivity (Wildman–Crippen MR) is 64.8 cm³/mol. The van der Waals surface area contributed by atoms with Gasteiger partial charge < -0.3 is 15.2 Å². The molecule has 1 atom stereocenters. The van der Waals surface area contributed by atoms with Gasteiger partial charge in [-0.05, 0) is 24.6 Å². The second-order valence-electron chi connectivity index (χ2n) is 3.75. The number of nitrogens with two attached hydrogens (primary N) is 1. The zero-order valence-corrected chi connectivity index (χ0v) is 10.5. The smallest absolute Gasteiger partial charge is 0.127 e. The maximum Gasteiger partial charge on any atom is 0.127 e. The van der Waals surface area contributed by atoms with Crippen molar-refractivity contribution >= 4 is 11.6 Å². The van der Waals surface area contributed by atoms with Crippen LogP contribution in [0.1, 0.15) is 18.9 Å². The number of aliphatic hydroxyl groups is 1. The Bertz CT molecular complexity index is 327. The van der Waals surface area contributed by atoms with Crippen molar-refractivity contribution in [3.63, 3.8) is 0 Å². The average Bonchev–Trinajstić information content (AvgIpc) is 2.30. The lowest BCUT2D eigenvalue weighted by atomic mass is 10.1. The van der Waals surface area contributed by atoms with E-state index in [0.29, 0.717) is 5.02 Å². The number of ether oxygens (including phenoxy) is 1. The molecule has 0 aliphatic carbocycles. The van der Waals surface area contributed by atoms with Crippen LogP contribution in [-0.4, -0.2) is 24.9 Å². The highest BCUT2D eigenvalue weighted by molar-refractivity contribution is 6.30. The number of methoxy groups -OCH3 is 1. The van der Waals surface area contributed by atoms with Crippen LogP contribution in [0, 0.1) is 0 Å². The Labute approximate surface area is 101 Å². The van der Waals surface area contributed by atoms with Crippen LogP contribution in [0.25, 0.3) is 0 Å². The van der Waals surface area contributed by atoms with E-state index in [1.807, 2.05) is 18.2 Å². The summed E-state index contributed by atoms with van der Waals surface area (Å²) in [5, 5.41) is 11.9. The van der Waals surface area contributed by atoms with Gasteiger partial charge in [0.2, 0.25) is 0 Å². The molecule has 3 nitrogen and oxygen atoms in total. The topological polar surface area (TPSA) is 46.1 Å². The number of benzene rings is 1. The molecule has 0 radical (unpaired) electrons. The fourth-order valence-corrected chi connectivity index (χ4v) is 1.77. The highest BCUT2D eigenvalue weighted by Gasteiger charge is 2.10. The van der Waals surface area contributed by atoms with Crippen LogP contribution in [0.15, 0.2) is 18.2 Å². The van der Waals surface area contributed by atoms with Crippen molar-refractivity contribution in [3.8, 4) is 5.75 Å². The van der Waals surface area contributed by atoms with Crippen molar-refractivity contribution in [2.45, 2.75) is 25.9 Å². The van der Waals surface area contributed by atoms with E-state index in [9.17, 15) is 0 Å². The summed E-state index contributed by atoms with van der Waals surface area (Å²) < 4.78 is 5.26. The molecule has 4 heteroatoms. The third-order valence-corrected chi connectivity index (χ3v) is 2.91. The van der Waals surface area contributed by atoms with Crippen molar-refractivity contribution in [1.82, 2.24) is 0 Å². The van der Waals surface area contributed by atoms with E-state index >= 15 is 0 Å². The van der Waals surface area contributed by atoms with E-state index in [0.717, 1.165) is 24.3 Å². The molecule has 1 aromatic rings. The molecule has 0 bridgehead atoms. The molecular formula is C12H19ClNO2+. The molecule has 0 fully saturated rings. The van der Waals surface area contributed by atoms with Crippen LogP contribution >= 0.6 is 11.6 Å². The summed E-state index contributed by atoms with van der Waals surface area (Å²) in [6.07, 6.45) is 0.944. The van der Waals surface area contributed by atoms with Crippen molar-refractivity contribution in [2.24, 2.45) is 0 Å². The van der Waals surface area contributed by atoms with Gasteiger partial charge in [-0.1, -0.05) is 18.5 Å². The number of aliphatic hydroxyl groups excluding tert-OH is 1. The Kier molecular flexibility index (Phi) is 5.60. The molecule has 0 amide bonds. The molecule has 0 aromatic heterocycles. The van der Waals surface area contributed by atoms with Gasteiger partial charge in [0.1, 0.15) is 18.3 Å². The zero-order valence-electron chi connectivity index (χ0n) is 9.74. The van der Waals surface area contributed by atoms with Gasteiger partial charge in [0.05, 0.1) is 13.7 Å². The minimum atomic E-state index is 0.194. The van der Waals surface area contributed by atoms with Crippen molar-refractivity contribution in [3.05, 3.63) is 28.8 Å². The summed E-state index contributed by atoms with van der Waals surface area (Å²) in [5.74, 6) is 0.841. The monoisotopic (exact) mass is 244 g/mol. The lowest BCUT2D eigenvalue weighted by Gasteiger charge is -2.12. The second kappa shape index (κ2) is 6.74. The third kappa shape index (κ3) is 3.67. The number of hydrogen-bond acceptors (Lipinski definition) is 2. The van der Waals surface area contributed by atoms with E-state index in [-0.39, 0.29) is 12.6 Å². The molecule has 0 heterocycles. The Morgan fingerprint density at radius 3 is 2.81 bits per heavy atom. The first-order chi connectivity index (χ1) is 7.71.